The third-order valence-electron chi connectivity index (χ3n) is 5.10. The topological polar surface area (TPSA) is 86.4 Å². The Morgan fingerprint density at radius 1 is 1.07 bits per heavy atom. The minimum absolute atomic E-state index is 0.167. The zero-order valence-electron chi connectivity index (χ0n) is 17.6. The molecule has 4 rings (SSSR count). The van der Waals surface area contributed by atoms with Crippen LogP contribution in [-0.4, -0.2) is 38.6 Å². The highest BCUT2D eigenvalue weighted by Gasteiger charge is 2.18. The van der Waals surface area contributed by atoms with Gasteiger partial charge in [0, 0.05) is 35.6 Å². The molecule has 1 N–H and O–H groups in total. The maximum absolute atomic E-state index is 12.9. The molecular weight excluding hydrogens is 382 g/mol. The molecule has 3 aromatic heterocycles. The first-order valence-electron chi connectivity index (χ1n) is 9.99. The van der Waals surface area contributed by atoms with E-state index in [9.17, 15) is 4.79 Å². The van der Waals surface area contributed by atoms with E-state index in [1.54, 1.807) is 20.4 Å². The molecule has 0 spiro atoms. The summed E-state index contributed by atoms with van der Waals surface area (Å²) < 4.78 is 14.2. The Morgan fingerprint density at radius 2 is 1.87 bits per heavy atom. The molecule has 0 aliphatic carbocycles. The van der Waals surface area contributed by atoms with Crippen molar-refractivity contribution in [3.05, 3.63) is 52.7 Å². The van der Waals surface area contributed by atoms with Crippen LogP contribution in [0.5, 0.6) is 11.5 Å². The fourth-order valence-corrected chi connectivity index (χ4v) is 3.63. The summed E-state index contributed by atoms with van der Waals surface area (Å²) in [4.78, 5) is 17.7. The number of aromatic nitrogens is 5. The lowest BCUT2D eigenvalue weighted by Gasteiger charge is -2.10. The van der Waals surface area contributed by atoms with Crippen molar-refractivity contribution >= 4 is 5.65 Å². The SMILES string of the molecule is CCCn1cc(-c2cc(=O)n3[nH]c(CC)c(-c4ccc(OC)c(OC)c4)c3n2)cn1. The van der Waals surface area contributed by atoms with Crippen molar-refractivity contribution in [2.24, 2.45) is 0 Å². The van der Waals surface area contributed by atoms with E-state index in [-0.39, 0.29) is 5.56 Å². The lowest BCUT2D eigenvalue weighted by Crippen LogP contribution is -2.14. The predicted octanol–water partition coefficient (Wildman–Crippen LogP) is 3.54. The van der Waals surface area contributed by atoms with E-state index < -0.39 is 0 Å². The quantitative estimate of drug-likeness (QED) is 0.506. The van der Waals surface area contributed by atoms with Crippen LogP contribution in [0.4, 0.5) is 0 Å². The second-order valence-corrected chi connectivity index (χ2v) is 7.02. The summed E-state index contributed by atoms with van der Waals surface area (Å²) >= 11 is 0. The van der Waals surface area contributed by atoms with Crippen LogP contribution in [0, 0.1) is 0 Å². The number of benzene rings is 1. The molecule has 8 nitrogen and oxygen atoms in total. The summed E-state index contributed by atoms with van der Waals surface area (Å²) in [5.41, 5.74) is 4.52. The van der Waals surface area contributed by atoms with E-state index in [0.29, 0.717) is 22.8 Å². The lowest BCUT2D eigenvalue weighted by atomic mass is 10.0. The molecule has 0 unspecified atom stereocenters. The van der Waals surface area contributed by atoms with Gasteiger partial charge in [0.25, 0.3) is 5.56 Å². The molecule has 0 bridgehead atoms. The molecule has 0 saturated heterocycles. The third-order valence-corrected chi connectivity index (χ3v) is 5.10. The molecule has 30 heavy (non-hydrogen) atoms. The van der Waals surface area contributed by atoms with Crippen molar-refractivity contribution in [2.45, 2.75) is 33.2 Å². The largest absolute Gasteiger partial charge is 0.493 e. The Labute approximate surface area is 174 Å². The fraction of sp³-hybridized carbons (Fsp3) is 0.318. The number of hydrogen-bond donors (Lipinski definition) is 1. The minimum atomic E-state index is -0.167. The smallest absolute Gasteiger partial charge is 0.273 e. The van der Waals surface area contributed by atoms with E-state index in [1.165, 1.54) is 10.6 Å². The van der Waals surface area contributed by atoms with E-state index in [1.807, 2.05) is 36.0 Å². The number of fused-ring (bicyclic) bond motifs is 1. The first-order chi connectivity index (χ1) is 14.6. The first-order valence-corrected chi connectivity index (χ1v) is 9.99. The highest BCUT2D eigenvalue weighted by atomic mass is 16.5. The van der Waals surface area contributed by atoms with Gasteiger partial charge in [0.05, 0.1) is 26.1 Å². The van der Waals surface area contributed by atoms with Gasteiger partial charge >= 0.3 is 0 Å². The molecule has 0 fully saturated rings. The molecular formula is C22H25N5O3. The number of rotatable bonds is 7. The molecule has 3 heterocycles. The Hall–Kier alpha value is -3.55. The average molecular weight is 407 g/mol. The molecule has 1 aromatic carbocycles. The van der Waals surface area contributed by atoms with Crippen LogP contribution in [0.2, 0.25) is 0 Å². The molecule has 0 aliphatic heterocycles. The molecule has 4 aromatic rings. The summed E-state index contributed by atoms with van der Waals surface area (Å²) in [6, 6.07) is 7.24. The maximum Gasteiger partial charge on any atom is 0.273 e. The van der Waals surface area contributed by atoms with Crippen molar-refractivity contribution < 1.29 is 9.47 Å². The molecule has 8 heteroatoms. The van der Waals surface area contributed by atoms with Gasteiger partial charge in [-0.05, 0) is 30.5 Å². The van der Waals surface area contributed by atoms with Gasteiger partial charge < -0.3 is 9.47 Å². The summed E-state index contributed by atoms with van der Waals surface area (Å²) in [5.74, 6) is 1.27. The second-order valence-electron chi connectivity index (χ2n) is 7.02. The number of ether oxygens (including phenoxy) is 2. The maximum atomic E-state index is 12.9. The first kappa shape index (κ1) is 19.8. The zero-order chi connectivity index (χ0) is 21.3. The Morgan fingerprint density at radius 3 is 2.57 bits per heavy atom. The normalized spacial score (nSPS) is 11.2. The Bertz CT molecular complexity index is 1250. The van der Waals surface area contributed by atoms with Gasteiger partial charge in [-0.1, -0.05) is 19.9 Å². The summed E-state index contributed by atoms with van der Waals surface area (Å²) in [6.45, 7) is 4.96. The number of H-pyrrole nitrogens is 1. The van der Waals surface area contributed by atoms with E-state index in [2.05, 4.69) is 17.1 Å². The highest BCUT2D eigenvalue weighted by molar-refractivity contribution is 5.82. The number of aryl methyl sites for hydroxylation is 2. The number of nitrogens with zero attached hydrogens (tertiary/aromatic N) is 4. The minimum Gasteiger partial charge on any atom is -0.493 e. The van der Waals surface area contributed by atoms with Crippen molar-refractivity contribution in [1.82, 2.24) is 24.4 Å². The fourth-order valence-electron chi connectivity index (χ4n) is 3.63. The summed E-state index contributed by atoms with van der Waals surface area (Å²) in [6.07, 6.45) is 5.37. The average Bonchev–Trinajstić information content (AvgIpc) is 3.38. The van der Waals surface area contributed by atoms with Crippen LogP contribution in [0.3, 0.4) is 0 Å². The van der Waals surface area contributed by atoms with Crippen LogP contribution in [0.25, 0.3) is 28.0 Å². The Kier molecular flexibility index (Phi) is 5.31. The van der Waals surface area contributed by atoms with Crippen LogP contribution in [0.15, 0.2) is 41.5 Å². The highest BCUT2D eigenvalue weighted by Crippen LogP contribution is 2.35. The number of hydrogen-bond acceptors (Lipinski definition) is 5. The van der Waals surface area contributed by atoms with Crippen LogP contribution < -0.4 is 15.0 Å². The van der Waals surface area contributed by atoms with Gasteiger partial charge in [0.2, 0.25) is 0 Å². The standard InChI is InChI=1S/C22H25N5O3/c1-5-9-26-13-15(12-23-26)17-11-20(28)27-22(24-17)21(16(6-2)25-27)14-7-8-18(29-3)19(10-14)30-4/h7-8,10-13,25H,5-6,9H2,1-4H3. The van der Waals surface area contributed by atoms with E-state index in [0.717, 1.165) is 41.8 Å². The molecule has 0 saturated carbocycles. The van der Waals surface area contributed by atoms with Crippen LogP contribution in [-0.2, 0) is 13.0 Å². The van der Waals surface area contributed by atoms with Crippen molar-refractivity contribution in [3.8, 4) is 33.9 Å². The summed E-state index contributed by atoms with van der Waals surface area (Å²) in [7, 11) is 3.21. The van der Waals surface area contributed by atoms with Gasteiger partial charge in [0.1, 0.15) is 0 Å². The molecule has 0 atom stereocenters. The van der Waals surface area contributed by atoms with Crippen LogP contribution in [0.1, 0.15) is 26.0 Å². The summed E-state index contributed by atoms with van der Waals surface area (Å²) in [5, 5.41) is 7.57. The number of nitrogens with one attached hydrogen (secondary N) is 1. The van der Waals surface area contributed by atoms with Crippen LogP contribution >= 0.6 is 0 Å². The van der Waals surface area contributed by atoms with Gasteiger partial charge in [0.15, 0.2) is 17.1 Å². The molecule has 0 aliphatic rings. The van der Waals surface area contributed by atoms with Gasteiger partial charge in [-0.2, -0.15) is 5.10 Å². The Balaban J connectivity index is 1.93. The lowest BCUT2D eigenvalue weighted by molar-refractivity contribution is 0.355. The number of aromatic amines is 1. The second kappa shape index (κ2) is 8.06. The number of methoxy groups -OCH3 is 2. The van der Waals surface area contributed by atoms with E-state index >= 15 is 0 Å². The van der Waals surface area contributed by atoms with Gasteiger partial charge in [-0.3, -0.25) is 14.6 Å². The zero-order valence-corrected chi connectivity index (χ0v) is 17.6. The van der Waals surface area contributed by atoms with E-state index in [4.69, 9.17) is 14.5 Å². The van der Waals surface area contributed by atoms with Gasteiger partial charge in [-0.15, -0.1) is 0 Å². The predicted molar refractivity (Wildman–Crippen MR) is 115 cm³/mol. The van der Waals surface area contributed by atoms with Crippen molar-refractivity contribution in [2.75, 3.05) is 14.2 Å². The molecule has 0 radical (unpaired) electrons. The monoisotopic (exact) mass is 407 g/mol. The van der Waals surface area contributed by atoms with Crippen molar-refractivity contribution in [3.63, 3.8) is 0 Å². The third kappa shape index (κ3) is 3.34. The molecule has 156 valence electrons. The van der Waals surface area contributed by atoms with Gasteiger partial charge in [-0.25, -0.2) is 9.50 Å². The van der Waals surface area contributed by atoms with Crippen molar-refractivity contribution in [1.29, 1.82) is 0 Å². The molecule has 0 amide bonds.